The van der Waals surface area contributed by atoms with Crippen molar-refractivity contribution in [2.24, 2.45) is 0 Å². The van der Waals surface area contributed by atoms with E-state index in [-0.39, 0.29) is 17.6 Å². The van der Waals surface area contributed by atoms with Crippen LogP contribution in [0.3, 0.4) is 0 Å². The second-order valence-corrected chi connectivity index (χ2v) is 9.94. The number of rotatable bonds is 3. The van der Waals surface area contributed by atoms with E-state index in [0.29, 0.717) is 6.42 Å². The minimum atomic E-state index is -0.670. The first-order valence-electron chi connectivity index (χ1n) is 12.0. The maximum Gasteiger partial charge on any atom is 0.235 e. The van der Waals surface area contributed by atoms with Crippen LogP contribution in [-0.4, -0.2) is 59.2 Å². The average molecular weight is 469 g/mol. The molecule has 0 bridgehead atoms. The second-order valence-electron chi connectivity index (χ2n) is 9.94. The highest BCUT2D eigenvalue weighted by molar-refractivity contribution is 6.10. The van der Waals surface area contributed by atoms with Crippen LogP contribution in [0.5, 0.6) is 0 Å². The Hall–Kier alpha value is -3.78. The molecule has 3 aliphatic rings. The number of aromatic amines is 1. The van der Waals surface area contributed by atoms with Gasteiger partial charge in [-0.15, -0.1) is 0 Å². The SMILES string of the molecule is CN1CCN(c2ccc(-c3n[nH]c4cc(C5C[C@@]56C(=O)Nc5ccc(F)cc56)ccc34)cn2)CC1. The maximum absolute atomic E-state index is 13.9. The Morgan fingerprint density at radius 2 is 1.91 bits per heavy atom. The zero-order valence-corrected chi connectivity index (χ0v) is 19.4. The van der Waals surface area contributed by atoms with Gasteiger partial charge in [-0.05, 0) is 61.0 Å². The van der Waals surface area contributed by atoms with E-state index in [0.717, 1.165) is 71.0 Å². The van der Waals surface area contributed by atoms with Gasteiger partial charge in [0.15, 0.2) is 0 Å². The third kappa shape index (κ3) is 3.09. The van der Waals surface area contributed by atoms with E-state index in [9.17, 15) is 9.18 Å². The van der Waals surface area contributed by atoms with Gasteiger partial charge in [0, 0.05) is 54.9 Å². The number of pyridine rings is 1. The largest absolute Gasteiger partial charge is 0.354 e. The summed E-state index contributed by atoms with van der Waals surface area (Å²) >= 11 is 0. The van der Waals surface area contributed by atoms with Crippen molar-refractivity contribution in [3.63, 3.8) is 0 Å². The average Bonchev–Trinajstić information content (AvgIpc) is 3.40. The van der Waals surface area contributed by atoms with E-state index < -0.39 is 5.41 Å². The summed E-state index contributed by atoms with van der Waals surface area (Å²) in [5, 5.41) is 11.7. The molecule has 1 aliphatic carbocycles. The first-order chi connectivity index (χ1) is 17.0. The summed E-state index contributed by atoms with van der Waals surface area (Å²) in [6, 6.07) is 14.9. The molecular weight excluding hydrogens is 443 g/mol. The highest BCUT2D eigenvalue weighted by Crippen LogP contribution is 2.65. The summed E-state index contributed by atoms with van der Waals surface area (Å²) in [6.45, 7) is 4.05. The molecule has 2 atom stereocenters. The van der Waals surface area contributed by atoms with Crippen molar-refractivity contribution in [2.45, 2.75) is 17.8 Å². The Balaban J connectivity index is 1.17. The fourth-order valence-electron chi connectivity index (χ4n) is 5.79. The molecule has 4 heterocycles. The first kappa shape index (κ1) is 20.6. The molecule has 7 nitrogen and oxygen atoms in total. The molecule has 1 amide bonds. The lowest BCUT2D eigenvalue weighted by Crippen LogP contribution is -2.44. The maximum atomic E-state index is 13.9. The molecule has 2 aromatic heterocycles. The molecule has 1 saturated carbocycles. The minimum absolute atomic E-state index is 0.0197. The van der Waals surface area contributed by atoms with E-state index in [1.807, 2.05) is 6.20 Å². The number of carbonyl (C=O) groups is 1. The number of halogens is 1. The highest BCUT2D eigenvalue weighted by atomic mass is 19.1. The summed E-state index contributed by atoms with van der Waals surface area (Å²) in [7, 11) is 2.15. The highest BCUT2D eigenvalue weighted by Gasteiger charge is 2.65. The Morgan fingerprint density at radius 3 is 2.71 bits per heavy atom. The third-order valence-corrected chi connectivity index (χ3v) is 7.91. The van der Waals surface area contributed by atoms with Crippen LogP contribution in [0, 0.1) is 5.82 Å². The molecule has 2 aliphatic heterocycles. The number of piperazine rings is 1. The van der Waals surface area contributed by atoms with E-state index in [1.165, 1.54) is 12.1 Å². The number of benzene rings is 2. The van der Waals surface area contributed by atoms with Crippen molar-refractivity contribution in [1.29, 1.82) is 0 Å². The number of nitrogens with zero attached hydrogens (tertiary/aromatic N) is 4. The van der Waals surface area contributed by atoms with Gasteiger partial charge in [0.05, 0.1) is 10.9 Å². The zero-order valence-electron chi connectivity index (χ0n) is 19.4. The molecule has 4 aromatic rings. The van der Waals surface area contributed by atoms with Crippen LogP contribution in [-0.2, 0) is 10.2 Å². The van der Waals surface area contributed by atoms with Gasteiger partial charge >= 0.3 is 0 Å². The fourth-order valence-corrected chi connectivity index (χ4v) is 5.79. The molecule has 35 heavy (non-hydrogen) atoms. The van der Waals surface area contributed by atoms with Crippen LogP contribution >= 0.6 is 0 Å². The van der Waals surface area contributed by atoms with Gasteiger partial charge in [-0.1, -0.05) is 12.1 Å². The van der Waals surface area contributed by atoms with Crippen LogP contribution in [0.15, 0.2) is 54.7 Å². The Morgan fingerprint density at radius 1 is 1.06 bits per heavy atom. The first-order valence-corrected chi connectivity index (χ1v) is 12.0. The van der Waals surface area contributed by atoms with Gasteiger partial charge in [0.2, 0.25) is 5.91 Å². The number of amides is 1. The second kappa shape index (κ2) is 7.36. The number of hydrogen-bond donors (Lipinski definition) is 2. The topological polar surface area (TPSA) is 77.1 Å². The summed E-state index contributed by atoms with van der Waals surface area (Å²) in [5.41, 5.74) is 4.62. The molecule has 0 radical (unpaired) electrons. The quantitative estimate of drug-likeness (QED) is 0.477. The lowest BCUT2D eigenvalue weighted by Gasteiger charge is -2.33. The number of hydrogen-bond acceptors (Lipinski definition) is 5. The van der Waals surface area contributed by atoms with Gasteiger partial charge in [0.1, 0.15) is 17.3 Å². The summed E-state index contributed by atoms with van der Waals surface area (Å²) < 4.78 is 13.9. The zero-order chi connectivity index (χ0) is 23.7. The normalized spacial score (nSPS) is 23.7. The minimum Gasteiger partial charge on any atom is -0.354 e. The van der Waals surface area contributed by atoms with Gasteiger partial charge in [0.25, 0.3) is 0 Å². The van der Waals surface area contributed by atoms with Crippen molar-refractivity contribution in [3.8, 4) is 11.3 Å². The van der Waals surface area contributed by atoms with E-state index in [2.05, 4.69) is 62.7 Å². The number of fused-ring (bicyclic) bond motifs is 3. The monoisotopic (exact) mass is 468 g/mol. The molecule has 1 unspecified atom stereocenters. The van der Waals surface area contributed by atoms with Crippen molar-refractivity contribution in [2.75, 3.05) is 43.4 Å². The lowest BCUT2D eigenvalue weighted by atomic mass is 9.91. The summed E-state index contributed by atoms with van der Waals surface area (Å²) in [5.74, 6) is 0.659. The number of aromatic nitrogens is 3. The summed E-state index contributed by atoms with van der Waals surface area (Å²) in [6.07, 6.45) is 2.57. The fraction of sp³-hybridized carbons (Fsp3) is 0.296. The van der Waals surface area contributed by atoms with Crippen molar-refractivity contribution in [3.05, 3.63) is 71.7 Å². The number of carbonyl (C=O) groups excluding carboxylic acids is 1. The number of H-pyrrole nitrogens is 1. The molecular formula is C27H25FN6O. The molecule has 176 valence electrons. The molecule has 2 aromatic carbocycles. The van der Waals surface area contributed by atoms with Gasteiger partial charge in [-0.2, -0.15) is 5.10 Å². The van der Waals surface area contributed by atoms with E-state index >= 15 is 0 Å². The smallest absolute Gasteiger partial charge is 0.235 e. The van der Waals surface area contributed by atoms with E-state index in [1.54, 1.807) is 6.07 Å². The van der Waals surface area contributed by atoms with Gasteiger partial charge in [-0.3, -0.25) is 9.89 Å². The number of anilines is 2. The Labute approximate surface area is 202 Å². The van der Waals surface area contributed by atoms with Gasteiger partial charge < -0.3 is 15.1 Å². The van der Waals surface area contributed by atoms with Crippen LogP contribution < -0.4 is 10.2 Å². The Bertz CT molecular complexity index is 1470. The van der Waals surface area contributed by atoms with Crippen LogP contribution in [0.1, 0.15) is 23.5 Å². The summed E-state index contributed by atoms with van der Waals surface area (Å²) in [4.78, 5) is 22.2. The molecule has 7 rings (SSSR count). The molecule has 1 saturated heterocycles. The predicted molar refractivity (Wildman–Crippen MR) is 133 cm³/mol. The van der Waals surface area contributed by atoms with Crippen molar-refractivity contribution < 1.29 is 9.18 Å². The number of likely N-dealkylation sites (N-methyl/N-ethyl adjacent to an activating group) is 1. The van der Waals surface area contributed by atoms with Crippen LogP contribution in [0.2, 0.25) is 0 Å². The predicted octanol–water partition coefficient (Wildman–Crippen LogP) is 3.89. The molecule has 8 heteroatoms. The Kier molecular flexibility index (Phi) is 4.33. The van der Waals surface area contributed by atoms with E-state index in [4.69, 9.17) is 4.98 Å². The third-order valence-electron chi connectivity index (χ3n) is 7.91. The van der Waals surface area contributed by atoms with Crippen molar-refractivity contribution >= 4 is 28.3 Å². The van der Waals surface area contributed by atoms with Gasteiger partial charge in [-0.25, -0.2) is 9.37 Å². The number of nitrogens with one attached hydrogen (secondary N) is 2. The molecule has 2 fully saturated rings. The molecule has 2 N–H and O–H groups in total. The lowest BCUT2D eigenvalue weighted by molar-refractivity contribution is -0.118. The van der Waals surface area contributed by atoms with Crippen LogP contribution in [0.4, 0.5) is 15.9 Å². The molecule has 1 spiro atoms. The van der Waals surface area contributed by atoms with Crippen molar-refractivity contribution in [1.82, 2.24) is 20.1 Å². The standard InChI is InChI=1S/C27H25FN6O/c1-33-8-10-34(11-9-33)24-7-3-17(15-29-24)25-19-5-2-16(12-23(19)31-32-25)21-14-27(21)20-13-18(28)4-6-22(20)30-26(27)35/h2-7,12-13,15,21H,8-11,14H2,1H3,(H,30,35)(H,31,32)/t21?,27-/m0/s1. The van der Waals surface area contributed by atoms with Crippen LogP contribution in [0.25, 0.3) is 22.2 Å².